The molecule has 100 valence electrons. The number of hydrogen-bond acceptors (Lipinski definition) is 3. The Bertz CT molecular complexity index is 425. The third kappa shape index (κ3) is 2.72. The number of nitrogens with zero attached hydrogens (tertiary/aromatic N) is 1. The van der Waals surface area contributed by atoms with E-state index >= 15 is 0 Å². The Labute approximate surface area is 105 Å². The SMILES string of the molecule is CC1(O)CCN(c2ccc(C(F)F)cc2N)CC1. The van der Waals surface area contributed by atoms with Gasteiger partial charge in [-0.3, -0.25) is 0 Å². The molecule has 3 N–H and O–H groups in total. The van der Waals surface area contributed by atoms with Crippen molar-refractivity contribution in [1.29, 1.82) is 0 Å². The molecule has 1 aromatic rings. The smallest absolute Gasteiger partial charge is 0.263 e. The van der Waals surface area contributed by atoms with Crippen LogP contribution in [0.15, 0.2) is 18.2 Å². The Morgan fingerprint density at radius 2 is 1.94 bits per heavy atom. The van der Waals surface area contributed by atoms with Crippen molar-refractivity contribution < 1.29 is 13.9 Å². The number of nitrogens with two attached hydrogens (primary N) is 1. The van der Waals surface area contributed by atoms with Crippen LogP contribution in [-0.2, 0) is 0 Å². The van der Waals surface area contributed by atoms with Crippen LogP contribution >= 0.6 is 0 Å². The summed E-state index contributed by atoms with van der Waals surface area (Å²) in [6, 6.07) is 4.37. The highest BCUT2D eigenvalue weighted by atomic mass is 19.3. The molecule has 0 aliphatic carbocycles. The van der Waals surface area contributed by atoms with Gasteiger partial charge in [0.1, 0.15) is 0 Å². The number of aliphatic hydroxyl groups is 1. The van der Waals surface area contributed by atoms with Gasteiger partial charge in [0.15, 0.2) is 0 Å². The fraction of sp³-hybridized carbons (Fsp3) is 0.538. The average Bonchev–Trinajstić information content (AvgIpc) is 2.29. The van der Waals surface area contributed by atoms with Crippen molar-refractivity contribution in [2.24, 2.45) is 0 Å². The number of hydrogen-bond donors (Lipinski definition) is 2. The highest BCUT2D eigenvalue weighted by Crippen LogP contribution is 2.32. The van der Waals surface area contributed by atoms with E-state index in [-0.39, 0.29) is 5.56 Å². The largest absolute Gasteiger partial charge is 0.397 e. The molecule has 18 heavy (non-hydrogen) atoms. The number of piperidine rings is 1. The van der Waals surface area contributed by atoms with Crippen molar-refractivity contribution in [2.45, 2.75) is 31.8 Å². The number of anilines is 2. The van der Waals surface area contributed by atoms with Gasteiger partial charge < -0.3 is 15.7 Å². The fourth-order valence-corrected chi connectivity index (χ4v) is 2.23. The molecule has 0 bridgehead atoms. The molecular formula is C13H18F2N2O. The van der Waals surface area contributed by atoms with Gasteiger partial charge >= 0.3 is 0 Å². The molecule has 0 aromatic heterocycles. The second kappa shape index (κ2) is 4.72. The van der Waals surface area contributed by atoms with Crippen LogP contribution in [0.25, 0.3) is 0 Å². The van der Waals surface area contributed by atoms with E-state index in [0.717, 1.165) is 5.69 Å². The van der Waals surface area contributed by atoms with Gasteiger partial charge in [-0.05, 0) is 31.9 Å². The molecule has 1 aromatic carbocycles. The van der Waals surface area contributed by atoms with Crippen LogP contribution < -0.4 is 10.6 Å². The second-order valence-corrected chi connectivity index (χ2v) is 5.10. The molecular weight excluding hydrogens is 238 g/mol. The van der Waals surface area contributed by atoms with Crippen molar-refractivity contribution in [3.8, 4) is 0 Å². The zero-order valence-electron chi connectivity index (χ0n) is 10.4. The maximum Gasteiger partial charge on any atom is 0.263 e. The molecule has 0 atom stereocenters. The molecule has 0 saturated carbocycles. The third-order valence-corrected chi connectivity index (χ3v) is 3.48. The standard InChI is InChI=1S/C13H18F2N2O/c1-13(18)4-6-17(7-5-13)11-3-2-9(12(14)15)8-10(11)16/h2-3,8,12,18H,4-7,16H2,1H3. The van der Waals surface area contributed by atoms with Gasteiger partial charge in [-0.2, -0.15) is 0 Å². The summed E-state index contributed by atoms with van der Waals surface area (Å²) in [4.78, 5) is 2.03. The Morgan fingerprint density at radius 3 is 2.44 bits per heavy atom. The summed E-state index contributed by atoms with van der Waals surface area (Å²) < 4.78 is 25.0. The number of benzene rings is 1. The minimum absolute atomic E-state index is 0.0553. The maximum absolute atomic E-state index is 12.5. The Kier molecular flexibility index (Phi) is 3.43. The summed E-state index contributed by atoms with van der Waals surface area (Å²) in [7, 11) is 0. The lowest BCUT2D eigenvalue weighted by Crippen LogP contribution is -2.42. The first kappa shape index (κ1) is 13.1. The summed E-state index contributed by atoms with van der Waals surface area (Å²) in [5, 5.41) is 9.87. The normalized spacial score (nSPS) is 19.3. The number of alkyl halides is 2. The molecule has 5 heteroatoms. The van der Waals surface area contributed by atoms with Gasteiger partial charge in [-0.25, -0.2) is 8.78 Å². The Morgan fingerprint density at radius 1 is 1.33 bits per heavy atom. The van der Waals surface area contributed by atoms with Crippen LogP contribution in [-0.4, -0.2) is 23.8 Å². The van der Waals surface area contributed by atoms with Gasteiger partial charge in [-0.15, -0.1) is 0 Å². The summed E-state index contributed by atoms with van der Waals surface area (Å²) in [6.07, 6.45) is -1.19. The topological polar surface area (TPSA) is 49.5 Å². The van der Waals surface area contributed by atoms with Crippen LogP contribution in [0.2, 0.25) is 0 Å². The quantitative estimate of drug-likeness (QED) is 0.799. The Balaban J connectivity index is 2.15. The van der Waals surface area contributed by atoms with E-state index in [2.05, 4.69) is 0 Å². The van der Waals surface area contributed by atoms with E-state index in [1.807, 2.05) is 11.8 Å². The number of nitrogen functional groups attached to an aromatic ring is 1. The van der Waals surface area contributed by atoms with E-state index in [1.54, 1.807) is 6.07 Å². The van der Waals surface area contributed by atoms with E-state index in [9.17, 15) is 13.9 Å². The van der Waals surface area contributed by atoms with Crippen LogP contribution in [0.1, 0.15) is 31.8 Å². The molecule has 2 rings (SSSR count). The van der Waals surface area contributed by atoms with Gasteiger partial charge in [0, 0.05) is 18.7 Å². The first-order valence-corrected chi connectivity index (χ1v) is 6.04. The fourth-order valence-electron chi connectivity index (χ4n) is 2.23. The van der Waals surface area contributed by atoms with Crippen LogP contribution in [0, 0.1) is 0 Å². The first-order valence-electron chi connectivity index (χ1n) is 6.04. The zero-order chi connectivity index (χ0) is 13.3. The number of rotatable bonds is 2. The molecule has 3 nitrogen and oxygen atoms in total. The lowest BCUT2D eigenvalue weighted by atomic mass is 9.93. The van der Waals surface area contributed by atoms with Crippen molar-refractivity contribution in [1.82, 2.24) is 0 Å². The van der Waals surface area contributed by atoms with E-state index < -0.39 is 12.0 Å². The lowest BCUT2D eigenvalue weighted by molar-refractivity contribution is 0.0351. The molecule has 1 saturated heterocycles. The number of halogens is 2. The predicted molar refractivity (Wildman–Crippen MR) is 67.9 cm³/mol. The Hall–Kier alpha value is -1.36. The van der Waals surface area contributed by atoms with Gasteiger partial charge in [0.05, 0.1) is 17.0 Å². The van der Waals surface area contributed by atoms with Crippen molar-refractivity contribution >= 4 is 11.4 Å². The van der Waals surface area contributed by atoms with Crippen molar-refractivity contribution in [3.05, 3.63) is 23.8 Å². The molecule has 0 spiro atoms. The van der Waals surface area contributed by atoms with Gasteiger partial charge in [0.25, 0.3) is 6.43 Å². The summed E-state index contributed by atoms with van der Waals surface area (Å²) in [6.45, 7) is 3.18. The van der Waals surface area contributed by atoms with Crippen LogP contribution in [0.3, 0.4) is 0 Å². The molecule has 0 radical (unpaired) electrons. The minimum Gasteiger partial charge on any atom is -0.397 e. The van der Waals surface area contributed by atoms with Gasteiger partial charge in [0.2, 0.25) is 0 Å². The van der Waals surface area contributed by atoms with Crippen LogP contribution in [0.5, 0.6) is 0 Å². The third-order valence-electron chi connectivity index (χ3n) is 3.48. The summed E-state index contributed by atoms with van der Waals surface area (Å²) >= 11 is 0. The summed E-state index contributed by atoms with van der Waals surface area (Å²) in [5.41, 5.74) is 6.28. The molecule has 1 aliphatic rings. The molecule has 0 amide bonds. The summed E-state index contributed by atoms with van der Waals surface area (Å²) in [5.74, 6) is 0. The van der Waals surface area contributed by atoms with E-state index in [1.165, 1.54) is 12.1 Å². The first-order chi connectivity index (χ1) is 8.39. The van der Waals surface area contributed by atoms with E-state index in [0.29, 0.717) is 31.6 Å². The van der Waals surface area contributed by atoms with E-state index in [4.69, 9.17) is 5.73 Å². The monoisotopic (exact) mass is 256 g/mol. The molecule has 1 fully saturated rings. The molecule has 1 aliphatic heterocycles. The highest BCUT2D eigenvalue weighted by molar-refractivity contribution is 5.68. The highest BCUT2D eigenvalue weighted by Gasteiger charge is 2.28. The maximum atomic E-state index is 12.5. The minimum atomic E-state index is -2.50. The molecule has 0 unspecified atom stereocenters. The lowest BCUT2D eigenvalue weighted by Gasteiger charge is -2.37. The molecule has 1 heterocycles. The van der Waals surface area contributed by atoms with Gasteiger partial charge in [-0.1, -0.05) is 6.07 Å². The van der Waals surface area contributed by atoms with Crippen molar-refractivity contribution in [2.75, 3.05) is 23.7 Å². The second-order valence-electron chi connectivity index (χ2n) is 5.10. The van der Waals surface area contributed by atoms with Crippen molar-refractivity contribution in [3.63, 3.8) is 0 Å². The van der Waals surface area contributed by atoms with Crippen LogP contribution in [0.4, 0.5) is 20.2 Å². The predicted octanol–water partition coefficient (Wildman–Crippen LogP) is 2.56. The zero-order valence-corrected chi connectivity index (χ0v) is 10.4. The average molecular weight is 256 g/mol.